The number of ether oxygens (including phenoxy) is 1. The fourth-order valence-electron chi connectivity index (χ4n) is 0.550. The molecule has 3 N–H and O–H groups in total. The van der Waals surface area contributed by atoms with Crippen LogP contribution in [-0.4, -0.2) is 19.1 Å². The number of nitrogens with one attached hydrogen (secondary N) is 1. The summed E-state index contributed by atoms with van der Waals surface area (Å²) < 4.78 is 4.89. The van der Waals surface area contributed by atoms with E-state index < -0.39 is 0 Å². The molecule has 0 heterocycles. The molecule has 0 radical (unpaired) electrons. The molecule has 0 amide bonds. The number of amidine groups is 1. The third kappa shape index (κ3) is 6.73. The van der Waals surface area contributed by atoms with E-state index in [4.69, 9.17) is 16.0 Å². The van der Waals surface area contributed by atoms with E-state index in [1.54, 1.807) is 6.92 Å². The van der Waals surface area contributed by atoms with Gasteiger partial charge in [-0.25, -0.2) is 10.5 Å². The summed E-state index contributed by atoms with van der Waals surface area (Å²) in [4.78, 5) is 3.87. The zero-order valence-electron chi connectivity index (χ0n) is 7.21. The molecule has 5 heteroatoms. The summed E-state index contributed by atoms with van der Waals surface area (Å²) in [7, 11) is 0. The fraction of sp³-hybridized carbons (Fsp3) is 0.571. The summed E-state index contributed by atoms with van der Waals surface area (Å²) in [6.07, 6.45) is 0.712. The zero-order valence-corrected chi connectivity index (χ0v) is 7.21. The van der Waals surface area contributed by atoms with Gasteiger partial charge in [-0.1, -0.05) is 6.58 Å². The SMILES string of the molecule is C=C(C)O/C(N)=N\CCCN=N. The lowest BCUT2D eigenvalue weighted by Crippen LogP contribution is -2.15. The average Bonchev–Trinajstić information content (AvgIpc) is 1.97. The van der Waals surface area contributed by atoms with Crippen molar-refractivity contribution in [2.75, 3.05) is 13.1 Å². The van der Waals surface area contributed by atoms with Crippen LogP contribution in [0.4, 0.5) is 0 Å². The lowest BCUT2D eigenvalue weighted by atomic mass is 10.4. The molecule has 0 aromatic rings. The van der Waals surface area contributed by atoms with Gasteiger partial charge in [0, 0.05) is 6.54 Å². The second kappa shape index (κ2) is 6.33. The maximum absolute atomic E-state index is 6.50. The third-order valence-electron chi connectivity index (χ3n) is 0.974. The Morgan fingerprint density at radius 2 is 2.25 bits per heavy atom. The molecule has 5 nitrogen and oxygen atoms in total. The molecular weight excluding hydrogens is 156 g/mol. The number of hydrogen-bond donors (Lipinski definition) is 2. The topological polar surface area (TPSA) is 83.8 Å². The maximum atomic E-state index is 6.50. The van der Waals surface area contributed by atoms with Crippen LogP contribution < -0.4 is 5.73 Å². The summed E-state index contributed by atoms with van der Waals surface area (Å²) in [6, 6.07) is 0.118. The Morgan fingerprint density at radius 3 is 2.75 bits per heavy atom. The van der Waals surface area contributed by atoms with Crippen LogP contribution in [0.1, 0.15) is 13.3 Å². The smallest absolute Gasteiger partial charge is 0.287 e. The van der Waals surface area contributed by atoms with Gasteiger partial charge in [0.05, 0.1) is 12.3 Å². The predicted molar refractivity (Wildman–Crippen MR) is 47.0 cm³/mol. The molecule has 0 saturated heterocycles. The van der Waals surface area contributed by atoms with Crippen molar-refractivity contribution in [1.29, 1.82) is 5.53 Å². The van der Waals surface area contributed by atoms with Gasteiger partial charge in [-0.3, -0.25) is 0 Å². The van der Waals surface area contributed by atoms with Crippen molar-refractivity contribution < 1.29 is 4.74 Å². The number of rotatable bonds is 5. The van der Waals surface area contributed by atoms with E-state index in [-0.39, 0.29) is 6.02 Å². The fourth-order valence-corrected chi connectivity index (χ4v) is 0.550. The van der Waals surface area contributed by atoms with Gasteiger partial charge in [-0.05, 0) is 13.3 Å². The largest absolute Gasteiger partial charge is 0.432 e. The van der Waals surface area contributed by atoms with Gasteiger partial charge in [-0.2, -0.15) is 5.11 Å². The molecule has 0 atom stereocenters. The quantitative estimate of drug-likeness (QED) is 0.214. The molecule has 0 unspecified atom stereocenters. The van der Waals surface area contributed by atoms with E-state index in [2.05, 4.69) is 16.7 Å². The van der Waals surface area contributed by atoms with Crippen LogP contribution in [0.25, 0.3) is 0 Å². The van der Waals surface area contributed by atoms with Crippen LogP contribution in [0, 0.1) is 5.53 Å². The molecule has 0 saturated carbocycles. The van der Waals surface area contributed by atoms with E-state index in [9.17, 15) is 0 Å². The molecule has 0 spiro atoms. The molecule has 0 bridgehead atoms. The Hall–Kier alpha value is -1.39. The summed E-state index contributed by atoms with van der Waals surface area (Å²) in [5.74, 6) is 0.515. The first kappa shape index (κ1) is 10.6. The van der Waals surface area contributed by atoms with E-state index in [0.29, 0.717) is 25.3 Å². The summed E-state index contributed by atoms with van der Waals surface area (Å²) >= 11 is 0. The van der Waals surface area contributed by atoms with Gasteiger partial charge in [0.2, 0.25) is 0 Å². The second-order valence-electron chi connectivity index (χ2n) is 2.26. The van der Waals surface area contributed by atoms with Crippen LogP contribution in [-0.2, 0) is 4.74 Å². The Kier molecular flexibility index (Phi) is 5.60. The van der Waals surface area contributed by atoms with Gasteiger partial charge in [-0.15, -0.1) is 0 Å². The molecule has 0 aromatic carbocycles. The minimum absolute atomic E-state index is 0.118. The highest BCUT2D eigenvalue weighted by molar-refractivity contribution is 5.72. The van der Waals surface area contributed by atoms with Gasteiger partial charge in [0.25, 0.3) is 6.02 Å². The lowest BCUT2D eigenvalue weighted by molar-refractivity contribution is 0.410. The van der Waals surface area contributed by atoms with Gasteiger partial charge >= 0.3 is 0 Å². The number of nitrogens with zero attached hydrogens (tertiary/aromatic N) is 2. The highest BCUT2D eigenvalue weighted by atomic mass is 16.5. The first-order valence-corrected chi connectivity index (χ1v) is 3.63. The van der Waals surface area contributed by atoms with Crippen LogP contribution >= 0.6 is 0 Å². The van der Waals surface area contributed by atoms with Crippen molar-refractivity contribution in [3.05, 3.63) is 12.3 Å². The molecule has 0 aliphatic rings. The van der Waals surface area contributed by atoms with E-state index in [1.165, 1.54) is 0 Å². The molecule has 0 fully saturated rings. The third-order valence-corrected chi connectivity index (χ3v) is 0.974. The summed E-state index contributed by atoms with van der Waals surface area (Å²) in [5.41, 5.74) is 11.8. The van der Waals surface area contributed by atoms with Crippen LogP contribution in [0.3, 0.4) is 0 Å². The first-order valence-electron chi connectivity index (χ1n) is 3.63. The summed E-state index contributed by atoms with van der Waals surface area (Å²) in [5, 5.41) is 3.18. The Morgan fingerprint density at radius 1 is 1.58 bits per heavy atom. The number of nitrogens with two attached hydrogens (primary N) is 1. The van der Waals surface area contributed by atoms with Crippen LogP contribution in [0.2, 0.25) is 0 Å². The minimum atomic E-state index is 0.118. The number of allylic oxidation sites excluding steroid dienone is 1. The highest BCUT2D eigenvalue weighted by Gasteiger charge is 1.91. The van der Waals surface area contributed by atoms with Crippen molar-refractivity contribution >= 4 is 6.02 Å². The normalized spacial score (nSPS) is 10.9. The Bertz CT molecular complexity index is 188. The molecule has 68 valence electrons. The van der Waals surface area contributed by atoms with Crippen molar-refractivity contribution in [3.8, 4) is 0 Å². The maximum Gasteiger partial charge on any atom is 0.287 e. The van der Waals surface area contributed by atoms with E-state index in [1.807, 2.05) is 0 Å². The van der Waals surface area contributed by atoms with Crippen molar-refractivity contribution in [2.24, 2.45) is 15.8 Å². The Balaban J connectivity index is 3.54. The molecule has 0 aromatic heterocycles. The number of aliphatic imine (C=N–C) groups is 1. The Labute approximate surface area is 71.8 Å². The molecule has 0 rings (SSSR count). The second-order valence-corrected chi connectivity index (χ2v) is 2.26. The first-order chi connectivity index (χ1) is 5.66. The summed E-state index contributed by atoms with van der Waals surface area (Å²) in [6.45, 7) is 6.21. The van der Waals surface area contributed by atoms with Gasteiger partial charge in [0.1, 0.15) is 0 Å². The predicted octanol–water partition coefficient (Wildman–Crippen LogP) is 1.27. The molecular formula is C7H14N4O. The monoisotopic (exact) mass is 170 g/mol. The van der Waals surface area contributed by atoms with Crippen molar-refractivity contribution in [3.63, 3.8) is 0 Å². The van der Waals surface area contributed by atoms with E-state index >= 15 is 0 Å². The molecule has 0 aliphatic heterocycles. The van der Waals surface area contributed by atoms with E-state index in [0.717, 1.165) is 0 Å². The van der Waals surface area contributed by atoms with Crippen LogP contribution in [0.15, 0.2) is 22.4 Å². The number of hydrogen-bond acceptors (Lipinski definition) is 4. The lowest BCUT2D eigenvalue weighted by Gasteiger charge is -2.01. The van der Waals surface area contributed by atoms with Crippen molar-refractivity contribution in [2.45, 2.75) is 13.3 Å². The molecule has 0 aliphatic carbocycles. The average molecular weight is 170 g/mol. The van der Waals surface area contributed by atoms with Crippen molar-refractivity contribution in [1.82, 2.24) is 0 Å². The minimum Gasteiger partial charge on any atom is -0.432 e. The van der Waals surface area contributed by atoms with Gasteiger partial charge in [0.15, 0.2) is 0 Å². The standard InChI is InChI=1S/C7H14N4O/c1-6(2)12-7(8)10-4-3-5-11-9/h9H,1,3-5H2,2H3,(H2,8,10). The highest BCUT2D eigenvalue weighted by Crippen LogP contribution is 1.90. The zero-order chi connectivity index (χ0) is 9.40. The molecule has 12 heavy (non-hydrogen) atoms. The van der Waals surface area contributed by atoms with Gasteiger partial charge < -0.3 is 10.5 Å². The van der Waals surface area contributed by atoms with Crippen LogP contribution in [0.5, 0.6) is 0 Å².